The molecular weight excluding hydrogens is 315 g/mol. The van der Waals surface area contributed by atoms with Crippen LogP contribution in [0.25, 0.3) is 0 Å². The predicted octanol–water partition coefficient (Wildman–Crippen LogP) is 2.48. The van der Waals surface area contributed by atoms with Gasteiger partial charge in [0.05, 0.1) is 5.92 Å². The summed E-state index contributed by atoms with van der Waals surface area (Å²) in [6.45, 7) is 6.85. The number of hydrogen-bond donors (Lipinski definition) is 3. The lowest BCUT2D eigenvalue weighted by molar-refractivity contribution is -0.124. The molecule has 0 saturated carbocycles. The van der Waals surface area contributed by atoms with E-state index in [0.717, 1.165) is 0 Å². The molecule has 134 valence electrons. The number of carbonyl (C=O) groups is 2. The van der Waals surface area contributed by atoms with E-state index in [1.165, 1.54) is 24.3 Å². The monoisotopic (exact) mass is 340 g/mol. The van der Waals surface area contributed by atoms with Gasteiger partial charge in [0.15, 0.2) is 0 Å². The lowest BCUT2D eigenvalue weighted by Gasteiger charge is -2.24. The Kier molecular flexibility index (Phi) is 7.16. The van der Waals surface area contributed by atoms with Crippen LogP contribution in [0.3, 0.4) is 0 Å². The minimum absolute atomic E-state index is 0.0777. The van der Waals surface area contributed by atoms with Crippen molar-refractivity contribution in [2.45, 2.75) is 45.6 Å². The van der Waals surface area contributed by atoms with Crippen molar-refractivity contribution in [1.82, 2.24) is 10.9 Å². The molecule has 0 saturated heterocycles. The minimum Gasteiger partial charge on any atom is -0.443 e. The number of rotatable bonds is 5. The quantitative estimate of drug-likeness (QED) is 0.719. The number of benzene rings is 1. The second-order valence-corrected chi connectivity index (χ2v) is 6.63. The molecule has 0 radical (unpaired) electrons. The van der Waals surface area contributed by atoms with Crippen molar-refractivity contribution in [3.63, 3.8) is 0 Å². The largest absolute Gasteiger partial charge is 0.443 e. The van der Waals surface area contributed by atoms with E-state index in [2.05, 4.69) is 10.9 Å². The van der Waals surface area contributed by atoms with E-state index in [0.29, 0.717) is 12.0 Å². The number of hydrazine groups is 1. The molecule has 2 amide bonds. The number of hydrogen-bond acceptors (Lipinski definition) is 4. The fraction of sp³-hybridized carbons (Fsp3) is 0.529. The van der Waals surface area contributed by atoms with Crippen LogP contribution < -0.4 is 10.9 Å². The molecule has 0 fully saturated rings. The molecule has 2 atom stereocenters. The number of aliphatic hydroxyl groups excluding tert-OH is 1. The van der Waals surface area contributed by atoms with Gasteiger partial charge in [-0.25, -0.2) is 14.6 Å². The summed E-state index contributed by atoms with van der Waals surface area (Å²) < 4.78 is 18.1. The summed E-state index contributed by atoms with van der Waals surface area (Å²) in [6, 6.07) is 5.56. The zero-order valence-corrected chi connectivity index (χ0v) is 14.4. The van der Waals surface area contributed by atoms with Crippen LogP contribution in [0.4, 0.5) is 9.18 Å². The molecule has 1 rings (SSSR count). The SMILES string of the molecule is CC(CCO)C(C(=O)NNC(=O)OC(C)(C)C)c1ccc(F)cc1. The van der Waals surface area contributed by atoms with Gasteiger partial charge < -0.3 is 9.84 Å². The van der Waals surface area contributed by atoms with Gasteiger partial charge in [-0.05, 0) is 50.8 Å². The summed E-state index contributed by atoms with van der Waals surface area (Å²) in [4.78, 5) is 24.1. The van der Waals surface area contributed by atoms with Gasteiger partial charge >= 0.3 is 6.09 Å². The maximum Gasteiger partial charge on any atom is 0.426 e. The standard InChI is InChI=1S/C17H25FN2O4/c1-11(9-10-21)14(12-5-7-13(18)8-6-12)15(22)19-20-16(23)24-17(2,3)4/h5-8,11,14,21H,9-10H2,1-4H3,(H,19,22)(H,20,23). The maximum atomic E-state index is 13.1. The van der Waals surface area contributed by atoms with Crippen molar-refractivity contribution < 1.29 is 23.8 Å². The average Bonchev–Trinajstić information content (AvgIpc) is 2.46. The molecule has 1 aromatic carbocycles. The highest BCUT2D eigenvalue weighted by atomic mass is 19.1. The zero-order valence-electron chi connectivity index (χ0n) is 14.4. The second-order valence-electron chi connectivity index (χ2n) is 6.63. The van der Waals surface area contributed by atoms with Gasteiger partial charge in [-0.15, -0.1) is 0 Å². The topological polar surface area (TPSA) is 87.7 Å². The van der Waals surface area contributed by atoms with Gasteiger partial charge in [-0.3, -0.25) is 10.2 Å². The third kappa shape index (κ3) is 6.54. The van der Waals surface area contributed by atoms with Gasteiger partial charge in [0.1, 0.15) is 11.4 Å². The van der Waals surface area contributed by atoms with Crippen molar-refractivity contribution in [2.24, 2.45) is 5.92 Å². The molecule has 0 spiro atoms. The molecule has 0 aliphatic rings. The highest BCUT2D eigenvalue weighted by Gasteiger charge is 2.27. The van der Waals surface area contributed by atoms with Crippen molar-refractivity contribution in [3.05, 3.63) is 35.6 Å². The Bertz CT molecular complexity index is 555. The van der Waals surface area contributed by atoms with Crippen molar-refractivity contribution >= 4 is 12.0 Å². The zero-order chi connectivity index (χ0) is 18.3. The summed E-state index contributed by atoms with van der Waals surface area (Å²) in [5, 5.41) is 9.12. The fourth-order valence-corrected chi connectivity index (χ4v) is 2.27. The molecule has 7 heteroatoms. The van der Waals surface area contributed by atoms with Crippen LogP contribution in [0.15, 0.2) is 24.3 Å². The van der Waals surface area contributed by atoms with Crippen LogP contribution in [0.5, 0.6) is 0 Å². The molecular formula is C17H25FN2O4. The Hall–Kier alpha value is -2.15. The summed E-state index contributed by atoms with van der Waals surface area (Å²) in [5.41, 5.74) is 4.43. The fourth-order valence-electron chi connectivity index (χ4n) is 2.27. The summed E-state index contributed by atoms with van der Waals surface area (Å²) in [5.74, 6) is -1.72. The maximum absolute atomic E-state index is 13.1. The summed E-state index contributed by atoms with van der Waals surface area (Å²) in [7, 11) is 0. The second kappa shape index (κ2) is 8.63. The Morgan fingerprint density at radius 1 is 1.21 bits per heavy atom. The summed E-state index contributed by atoms with van der Waals surface area (Å²) >= 11 is 0. The number of ether oxygens (including phenoxy) is 1. The summed E-state index contributed by atoms with van der Waals surface area (Å²) in [6.07, 6.45) is -0.384. The highest BCUT2D eigenvalue weighted by molar-refractivity contribution is 5.85. The van der Waals surface area contributed by atoms with Gasteiger partial charge in [0.2, 0.25) is 5.91 Å². The molecule has 0 heterocycles. The number of carbonyl (C=O) groups excluding carboxylic acids is 2. The molecule has 24 heavy (non-hydrogen) atoms. The minimum atomic E-state index is -0.775. The van der Waals surface area contributed by atoms with Gasteiger partial charge in [-0.1, -0.05) is 19.1 Å². The van der Waals surface area contributed by atoms with Crippen molar-refractivity contribution in [3.8, 4) is 0 Å². The predicted molar refractivity (Wildman–Crippen MR) is 87.5 cm³/mol. The molecule has 0 aromatic heterocycles. The Balaban J connectivity index is 2.81. The average molecular weight is 340 g/mol. The van der Waals surface area contributed by atoms with E-state index < -0.39 is 29.3 Å². The lowest BCUT2D eigenvalue weighted by Crippen LogP contribution is -2.47. The number of aliphatic hydroxyl groups is 1. The molecule has 3 N–H and O–H groups in total. The van der Waals surface area contributed by atoms with Crippen LogP contribution >= 0.6 is 0 Å². The highest BCUT2D eigenvalue weighted by Crippen LogP contribution is 2.27. The smallest absolute Gasteiger partial charge is 0.426 e. The molecule has 6 nitrogen and oxygen atoms in total. The van der Waals surface area contributed by atoms with Crippen LogP contribution in [0.1, 0.15) is 45.6 Å². The van der Waals surface area contributed by atoms with Crippen LogP contribution in [-0.2, 0) is 9.53 Å². The van der Waals surface area contributed by atoms with Crippen molar-refractivity contribution in [1.29, 1.82) is 0 Å². The van der Waals surface area contributed by atoms with Gasteiger partial charge in [0.25, 0.3) is 0 Å². The van der Waals surface area contributed by atoms with E-state index in [1.807, 2.05) is 0 Å². The van der Waals surface area contributed by atoms with E-state index in [4.69, 9.17) is 9.84 Å². The van der Waals surface area contributed by atoms with Crippen LogP contribution in [0, 0.1) is 11.7 Å². The van der Waals surface area contributed by atoms with E-state index >= 15 is 0 Å². The number of amides is 2. The Morgan fingerprint density at radius 3 is 2.29 bits per heavy atom. The Labute approximate surface area is 141 Å². The van der Waals surface area contributed by atoms with Gasteiger partial charge in [0, 0.05) is 6.61 Å². The van der Waals surface area contributed by atoms with E-state index in [1.54, 1.807) is 27.7 Å². The first-order valence-electron chi connectivity index (χ1n) is 7.79. The third-order valence-corrected chi connectivity index (χ3v) is 3.35. The first-order valence-corrected chi connectivity index (χ1v) is 7.79. The molecule has 1 aromatic rings. The van der Waals surface area contributed by atoms with E-state index in [-0.39, 0.29) is 12.5 Å². The number of nitrogens with one attached hydrogen (secondary N) is 2. The first-order chi connectivity index (χ1) is 11.1. The normalized spacial score (nSPS) is 13.8. The van der Waals surface area contributed by atoms with E-state index in [9.17, 15) is 14.0 Å². The first kappa shape index (κ1) is 19.9. The number of halogens is 1. The van der Waals surface area contributed by atoms with Crippen LogP contribution in [-0.4, -0.2) is 29.3 Å². The lowest BCUT2D eigenvalue weighted by atomic mass is 9.85. The van der Waals surface area contributed by atoms with Crippen molar-refractivity contribution in [2.75, 3.05) is 6.61 Å². The Morgan fingerprint density at radius 2 is 1.79 bits per heavy atom. The molecule has 0 aliphatic heterocycles. The molecule has 0 aliphatic carbocycles. The molecule has 0 bridgehead atoms. The third-order valence-electron chi connectivity index (χ3n) is 3.35. The van der Waals surface area contributed by atoms with Crippen LogP contribution in [0.2, 0.25) is 0 Å². The molecule has 2 unspecified atom stereocenters. The van der Waals surface area contributed by atoms with Gasteiger partial charge in [-0.2, -0.15) is 0 Å².